The molecule has 0 aromatic carbocycles. The molecule has 0 bridgehead atoms. The molecule has 14 heavy (non-hydrogen) atoms. The van der Waals surface area contributed by atoms with Gasteiger partial charge in [-0.2, -0.15) is 0 Å². The normalized spacial score (nSPS) is 27.0. The highest BCUT2D eigenvalue weighted by Crippen LogP contribution is 2.30. The van der Waals surface area contributed by atoms with E-state index in [1.54, 1.807) is 6.26 Å². The molecular formula is C10H14BrNO2. The molecule has 4 heteroatoms. The van der Waals surface area contributed by atoms with Crippen LogP contribution in [0.3, 0.4) is 0 Å². The summed E-state index contributed by atoms with van der Waals surface area (Å²) in [6.45, 7) is 2.13. The minimum atomic E-state index is 0.0172. The zero-order valence-corrected chi connectivity index (χ0v) is 9.51. The maximum atomic E-state index is 9.40. The fraction of sp³-hybridized carbons (Fsp3) is 0.600. The summed E-state index contributed by atoms with van der Waals surface area (Å²) in [5, 5.41) is 12.7. The van der Waals surface area contributed by atoms with Crippen molar-refractivity contribution in [3.8, 4) is 0 Å². The van der Waals surface area contributed by atoms with Crippen molar-refractivity contribution in [1.29, 1.82) is 0 Å². The Hall–Kier alpha value is -0.320. The Bertz CT molecular complexity index is 305. The number of rotatable bonds is 3. The first-order valence-electron chi connectivity index (χ1n) is 4.79. The van der Waals surface area contributed by atoms with Crippen LogP contribution in [0.5, 0.6) is 0 Å². The van der Waals surface area contributed by atoms with E-state index in [-0.39, 0.29) is 12.0 Å². The first-order valence-corrected chi connectivity index (χ1v) is 5.58. The second-order valence-electron chi connectivity index (χ2n) is 4.02. The van der Waals surface area contributed by atoms with Crippen LogP contribution in [0.15, 0.2) is 21.4 Å². The molecule has 2 heterocycles. The average molecular weight is 260 g/mol. The highest BCUT2D eigenvalue weighted by molar-refractivity contribution is 9.10. The Morgan fingerprint density at radius 1 is 1.64 bits per heavy atom. The van der Waals surface area contributed by atoms with Gasteiger partial charge in [0.15, 0.2) is 4.67 Å². The minimum absolute atomic E-state index is 0.0172. The van der Waals surface area contributed by atoms with Gasteiger partial charge < -0.3 is 14.8 Å². The van der Waals surface area contributed by atoms with Crippen molar-refractivity contribution in [2.45, 2.75) is 12.8 Å². The minimum Gasteiger partial charge on any atom is -0.457 e. The number of furan rings is 1. The van der Waals surface area contributed by atoms with Gasteiger partial charge in [0.1, 0.15) is 0 Å². The number of halogens is 1. The van der Waals surface area contributed by atoms with E-state index in [2.05, 4.69) is 21.2 Å². The molecule has 0 radical (unpaired) electrons. The number of hydrogen-bond donors (Lipinski definition) is 2. The SMILES string of the molecule is OCC1(Cc2coc(Br)c2)CCNC1. The standard InChI is InChI=1S/C10H14BrNO2/c11-9-3-8(5-14-9)4-10(7-13)1-2-12-6-10/h3,5,12-13H,1-2,4,6-7H2. The van der Waals surface area contributed by atoms with Gasteiger partial charge in [0.25, 0.3) is 0 Å². The molecule has 1 saturated heterocycles. The lowest BCUT2D eigenvalue weighted by Gasteiger charge is -2.24. The molecule has 0 spiro atoms. The zero-order valence-electron chi connectivity index (χ0n) is 7.92. The van der Waals surface area contributed by atoms with Gasteiger partial charge in [-0.3, -0.25) is 0 Å². The van der Waals surface area contributed by atoms with E-state index in [9.17, 15) is 5.11 Å². The van der Waals surface area contributed by atoms with Gasteiger partial charge in [-0.15, -0.1) is 0 Å². The predicted octanol–water partition coefficient (Wildman–Crippen LogP) is 1.56. The molecular weight excluding hydrogens is 246 g/mol. The van der Waals surface area contributed by atoms with Gasteiger partial charge in [-0.05, 0) is 46.9 Å². The lowest BCUT2D eigenvalue weighted by molar-refractivity contribution is 0.142. The fourth-order valence-corrected chi connectivity index (χ4v) is 2.40. The highest BCUT2D eigenvalue weighted by atomic mass is 79.9. The van der Waals surface area contributed by atoms with Crippen LogP contribution in [0.2, 0.25) is 0 Å². The van der Waals surface area contributed by atoms with Crippen LogP contribution in [0.4, 0.5) is 0 Å². The number of nitrogens with one attached hydrogen (secondary N) is 1. The third-order valence-corrected chi connectivity index (χ3v) is 3.28. The van der Waals surface area contributed by atoms with Crippen molar-refractivity contribution in [3.05, 3.63) is 22.6 Å². The van der Waals surface area contributed by atoms with Crippen molar-refractivity contribution in [3.63, 3.8) is 0 Å². The monoisotopic (exact) mass is 259 g/mol. The van der Waals surface area contributed by atoms with Gasteiger partial charge in [0.2, 0.25) is 0 Å². The molecule has 3 nitrogen and oxygen atoms in total. The molecule has 0 aliphatic carbocycles. The summed E-state index contributed by atoms with van der Waals surface area (Å²) in [4.78, 5) is 0. The molecule has 1 aromatic heterocycles. The number of hydrogen-bond acceptors (Lipinski definition) is 3. The molecule has 2 rings (SSSR count). The molecule has 2 N–H and O–H groups in total. The molecule has 1 aromatic rings. The fourth-order valence-electron chi connectivity index (χ4n) is 2.01. The Kier molecular flexibility index (Phi) is 2.95. The smallest absolute Gasteiger partial charge is 0.169 e. The average Bonchev–Trinajstić information content (AvgIpc) is 2.77. The van der Waals surface area contributed by atoms with E-state index < -0.39 is 0 Å². The third kappa shape index (κ3) is 2.02. The van der Waals surface area contributed by atoms with Crippen LogP contribution in [0.1, 0.15) is 12.0 Å². The highest BCUT2D eigenvalue weighted by Gasteiger charge is 2.33. The molecule has 1 aliphatic rings. The summed E-state index contributed by atoms with van der Waals surface area (Å²) >= 11 is 3.28. The van der Waals surface area contributed by atoms with Crippen LogP contribution in [0.25, 0.3) is 0 Å². The van der Waals surface area contributed by atoms with Gasteiger partial charge in [-0.25, -0.2) is 0 Å². The topological polar surface area (TPSA) is 45.4 Å². The van der Waals surface area contributed by atoms with Crippen LogP contribution in [-0.2, 0) is 6.42 Å². The Balaban J connectivity index is 2.08. The van der Waals surface area contributed by atoms with Crippen LogP contribution >= 0.6 is 15.9 Å². The predicted molar refractivity (Wildman–Crippen MR) is 57.1 cm³/mol. The summed E-state index contributed by atoms with van der Waals surface area (Å²) in [6.07, 6.45) is 3.66. The maximum absolute atomic E-state index is 9.40. The Morgan fingerprint density at radius 2 is 2.50 bits per heavy atom. The molecule has 0 saturated carbocycles. The summed E-state index contributed by atoms with van der Waals surface area (Å²) < 4.78 is 5.93. The number of aliphatic hydroxyl groups is 1. The lowest BCUT2D eigenvalue weighted by Crippen LogP contribution is -2.30. The van der Waals surface area contributed by atoms with Crippen molar-refractivity contribution in [1.82, 2.24) is 5.32 Å². The number of aliphatic hydroxyl groups excluding tert-OH is 1. The van der Waals surface area contributed by atoms with Gasteiger partial charge in [0, 0.05) is 12.0 Å². The molecule has 1 aliphatic heterocycles. The lowest BCUT2D eigenvalue weighted by atomic mass is 9.82. The third-order valence-electron chi connectivity index (χ3n) is 2.87. The zero-order chi connectivity index (χ0) is 10.0. The largest absolute Gasteiger partial charge is 0.457 e. The van der Waals surface area contributed by atoms with E-state index in [4.69, 9.17) is 4.42 Å². The van der Waals surface area contributed by atoms with Crippen molar-refractivity contribution >= 4 is 15.9 Å². The second-order valence-corrected chi connectivity index (χ2v) is 4.80. The van der Waals surface area contributed by atoms with Crippen molar-refractivity contribution in [2.75, 3.05) is 19.7 Å². The molecule has 1 fully saturated rings. The Labute approximate surface area is 91.6 Å². The summed E-state index contributed by atoms with van der Waals surface area (Å²) in [7, 11) is 0. The summed E-state index contributed by atoms with van der Waals surface area (Å²) in [6, 6.07) is 1.97. The van der Waals surface area contributed by atoms with Crippen molar-refractivity contribution < 1.29 is 9.52 Å². The van der Waals surface area contributed by atoms with Crippen molar-refractivity contribution in [2.24, 2.45) is 5.41 Å². The van der Waals surface area contributed by atoms with Gasteiger partial charge in [-0.1, -0.05) is 0 Å². The van der Waals surface area contributed by atoms with Crippen LogP contribution in [0, 0.1) is 5.41 Å². The van der Waals surface area contributed by atoms with Gasteiger partial charge in [0.05, 0.1) is 12.9 Å². The summed E-state index contributed by atoms with van der Waals surface area (Å²) in [5.74, 6) is 0. The van der Waals surface area contributed by atoms with E-state index in [0.29, 0.717) is 0 Å². The molecule has 78 valence electrons. The summed E-state index contributed by atoms with van der Waals surface area (Å²) in [5.41, 5.74) is 1.16. The quantitative estimate of drug-likeness (QED) is 0.866. The van der Waals surface area contributed by atoms with Crippen LogP contribution < -0.4 is 5.32 Å². The first-order chi connectivity index (χ1) is 6.74. The Morgan fingerprint density at radius 3 is 3.00 bits per heavy atom. The van der Waals surface area contributed by atoms with E-state index in [1.165, 1.54) is 0 Å². The first kappa shape index (κ1) is 10.2. The maximum Gasteiger partial charge on any atom is 0.169 e. The van der Waals surface area contributed by atoms with E-state index in [0.717, 1.165) is 36.2 Å². The molecule has 1 atom stereocenters. The second kappa shape index (κ2) is 4.04. The molecule has 1 unspecified atom stereocenters. The van der Waals surface area contributed by atoms with E-state index in [1.807, 2.05) is 6.07 Å². The van der Waals surface area contributed by atoms with Gasteiger partial charge >= 0.3 is 0 Å². The molecule has 0 amide bonds. The van der Waals surface area contributed by atoms with E-state index >= 15 is 0 Å². The van der Waals surface area contributed by atoms with Crippen LogP contribution in [-0.4, -0.2) is 24.8 Å².